The van der Waals surface area contributed by atoms with Crippen LogP contribution in [0.5, 0.6) is 0 Å². The van der Waals surface area contributed by atoms with Crippen molar-refractivity contribution < 1.29 is 0 Å². The normalized spacial score (nSPS) is 46.6. The molecule has 2 rings (SSSR count). The number of fused-ring (bicyclic) bond motifs is 2. The highest BCUT2D eigenvalue weighted by atomic mass is 14.6. The fourth-order valence-corrected chi connectivity index (χ4v) is 3.54. The van der Waals surface area contributed by atoms with E-state index < -0.39 is 0 Å². The Bertz CT molecular complexity index is 157. The predicted molar refractivity (Wildman–Crippen MR) is 48.1 cm³/mol. The smallest absolute Gasteiger partial charge is 0.0295 e. The van der Waals surface area contributed by atoms with E-state index in [2.05, 4.69) is 20.8 Å². The van der Waals surface area contributed by atoms with Crippen molar-refractivity contribution in [1.82, 2.24) is 0 Å². The van der Waals surface area contributed by atoms with Crippen LogP contribution >= 0.6 is 0 Å². The second-order valence-electron chi connectivity index (χ2n) is 4.99. The molecule has 0 amide bonds. The van der Waals surface area contributed by atoms with Crippen molar-refractivity contribution in [2.75, 3.05) is 0 Å². The Labute approximate surface area is 70.4 Å². The highest BCUT2D eigenvalue weighted by Crippen LogP contribution is 2.60. The first kappa shape index (κ1) is 7.64. The Morgan fingerprint density at radius 3 is 2.36 bits per heavy atom. The molecule has 0 saturated heterocycles. The van der Waals surface area contributed by atoms with Crippen molar-refractivity contribution >= 4 is 0 Å². The first-order valence-corrected chi connectivity index (χ1v) is 4.95. The van der Waals surface area contributed by atoms with Crippen LogP contribution in [-0.4, -0.2) is 0 Å². The van der Waals surface area contributed by atoms with E-state index in [4.69, 9.17) is 0 Å². The Morgan fingerprint density at radius 1 is 1.36 bits per heavy atom. The minimum absolute atomic E-state index is 0.655. The summed E-state index contributed by atoms with van der Waals surface area (Å²) in [4.78, 5) is 0. The lowest BCUT2D eigenvalue weighted by molar-refractivity contribution is 0.235. The maximum absolute atomic E-state index is 4.05. The fraction of sp³-hybridized carbons (Fsp3) is 0.909. The summed E-state index contributed by atoms with van der Waals surface area (Å²) >= 11 is 0. The van der Waals surface area contributed by atoms with Gasteiger partial charge in [0.05, 0.1) is 0 Å². The van der Waals surface area contributed by atoms with Crippen LogP contribution in [0.2, 0.25) is 0 Å². The molecule has 0 N–H and O–H groups in total. The van der Waals surface area contributed by atoms with Gasteiger partial charge in [0.2, 0.25) is 0 Å². The molecule has 0 aliphatic heterocycles. The first-order valence-electron chi connectivity index (χ1n) is 4.95. The minimum atomic E-state index is 0.655. The van der Waals surface area contributed by atoms with Crippen molar-refractivity contribution in [3.8, 4) is 0 Å². The fourth-order valence-electron chi connectivity index (χ4n) is 3.54. The van der Waals surface area contributed by atoms with Gasteiger partial charge < -0.3 is 0 Å². The topological polar surface area (TPSA) is 0 Å². The van der Waals surface area contributed by atoms with Crippen molar-refractivity contribution in [3.63, 3.8) is 0 Å². The van der Waals surface area contributed by atoms with Gasteiger partial charge in [-0.2, -0.15) is 0 Å². The minimum Gasteiger partial charge on any atom is -0.0594 e. The van der Waals surface area contributed by atoms with Crippen LogP contribution in [0.15, 0.2) is 0 Å². The zero-order valence-electron chi connectivity index (χ0n) is 7.77. The van der Waals surface area contributed by atoms with Crippen LogP contribution in [0, 0.1) is 30.1 Å². The zero-order chi connectivity index (χ0) is 8.06. The summed E-state index contributed by atoms with van der Waals surface area (Å²) in [5.74, 6) is 2.99. The summed E-state index contributed by atoms with van der Waals surface area (Å²) in [7, 11) is 0. The van der Waals surface area contributed by atoms with Crippen molar-refractivity contribution in [3.05, 3.63) is 6.92 Å². The Balaban J connectivity index is 2.19. The second kappa shape index (κ2) is 2.24. The summed E-state index contributed by atoms with van der Waals surface area (Å²) in [5, 5.41) is 0. The third-order valence-corrected chi connectivity index (χ3v) is 4.36. The molecule has 3 atom stereocenters. The molecule has 0 aromatic carbocycles. The Morgan fingerprint density at radius 2 is 2.09 bits per heavy atom. The molecule has 1 radical (unpaired) electrons. The molecule has 0 aromatic heterocycles. The van der Waals surface area contributed by atoms with Gasteiger partial charge in [-0.25, -0.2) is 0 Å². The van der Waals surface area contributed by atoms with Gasteiger partial charge in [0, 0.05) is 0 Å². The molecule has 0 aromatic rings. The third-order valence-electron chi connectivity index (χ3n) is 4.36. The summed E-state index contributed by atoms with van der Waals surface area (Å²) < 4.78 is 0. The average Bonchev–Trinajstić information content (AvgIpc) is 2.40. The van der Waals surface area contributed by atoms with Crippen LogP contribution in [0.3, 0.4) is 0 Å². The van der Waals surface area contributed by atoms with Crippen LogP contribution in [0.25, 0.3) is 0 Å². The summed E-state index contributed by atoms with van der Waals surface area (Å²) in [6, 6.07) is 0. The maximum Gasteiger partial charge on any atom is -0.0295 e. The summed E-state index contributed by atoms with van der Waals surface area (Å²) in [5.41, 5.74) is 0.655. The molecule has 2 aliphatic rings. The predicted octanol–water partition coefficient (Wildman–Crippen LogP) is 3.28. The van der Waals surface area contributed by atoms with E-state index in [1.165, 1.54) is 25.7 Å². The molecule has 2 fully saturated rings. The molecular formula is C11H19. The van der Waals surface area contributed by atoms with Gasteiger partial charge in [-0.3, -0.25) is 0 Å². The molecule has 11 heavy (non-hydrogen) atoms. The lowest BCUT2D eigenvalue weighted by Crippen LogP contribution is -2.19. The second-order valence-corrected chi connectivity index (χ2v) is 4.99. The molecule has 2 saturated carbocycles. The van der Waals surface area contributed by atoms with Crippen molar-refractivity contribution in [1.29, 1.82) is 0 Å². The monoisotopic (exact) mass is 151 g/mol. The van der Waals surface area contributed by atoms with E-state index in [0.717, 1.165) is 17.8 Å². The molecule has 0 heteroatoms. The van der Waals surface area contributed by atoms with Crippen molar-refractivity contribution in [2.45, 2.75) is 39.5 Å². The molecule has 3 unspecified atom stereocenters. The first-order chi connectivity index (χ1) is 5.16. The molecule has 0 heterocycles. The standard InChI is InChI=1S/C11H19/c1-4-8-7-9-5-6-10(8)11(9,2)3/h8-10H,1,4-7H2,2-3H3. The number of rotatable bonds is 1. The van der Waals surface area contributed by atoms with E-state index in [0.29, 0.717) is 5.41 Å². The number of hydrogen-bond donors (Lipinski definition) is 0. The van der Waals surface area contributed by atoms with E-state index in [9.17, 15) is 0 Å². The zero-order valence-corrected chi connectivity index (χ0v) is 7.77. The lowest BCUT2D eigenvalue weighted by Gasteiger charge is -2.25. The molecular weight excluding hydrogens is 132 g/mol. The lowest BCUT2D eigenvalue weighted by atomic mass is 9.79. The van der Waals surface area contributed by atoms with Crippen LogP contribution in [-0.2, 0) is 0 Å². The SMILES string of the molecule is [CH2]CC1CC2CCC1C2(C)C. The number of hydrogen-bond acceptors (Lipinski definition) is 0. The van der Waals surface area contributed by atoms with Gasteiger partial charge in [-0.05, 0) is 42.4 Å². The maximum atomic E-state index is 4.05. The van der Waals surface area contributed by atoms with Crippen molar-refractivity contribution in [2.24, 2.45) is 23.2 Å². The van der Waals surface area contributed by atoms with Gasteiger partial charge in [0.25, 0.3) is 0 Å². The van der Waals surface area contributed by atoms with Gasteiger partial charge >= 0.3 is 0 Å². The van der Waals surface area contributed by atoms with Crippen LogP contribution in [0.1, 0.15) is 39.5 Å². The van der Waals surface area contributed by atoms with E-state index in [-0.39, 0.29) is 0 Å². The quantitative estimate of drug-likeness (QED) is 0.539. The van der Waals surface area contributed by atoms with Gasteiger partial charge in [-0.1, -0.05) is 27.2 Å². The molecule has 0 spiro atoms. The largest absolute Gasteiger partial charge is 0.0594 e. The van der Waals surface area contributed by atoms with Gasteiger partial charge in [0.15, 0.2) is 0 Å². The average molecular weight is 151 g/mol. The highest BCUT2D eigenvalue weighted by Gasteiger charge is 2.52. The Hall–Kier alpha value is 0. The molecule has 0 nitrogen and oxygen atoms in total. The van der Waals surface area contributed by atoms with Gasteiger partial charge in [0.1, 0.15) is 0 Å². The van der Waals surface area contributed by atoms with E-state index >= 15 is 0 Å². The van der Waals surface area contributed by atoms with Crippen LogP contribution in [0.4, 0.5) is 0 Å². The van der Waals surface area contributed by atoms with E-state index in [1.807, 2.05) is 0 Å². The third kappa shape index (κ3) is 0.878. The van der Waals surface area contributed by atoms with Crippen LogP contribution < -0.4 is 0 Å². The summed E-state index contributed by atoms with van der Waals surface area (Å²) in [6.07, 6.45) is 5.62. The highest BCUT2D eigenvalue weighted by molar-refractivity contribution is 5.02. The molecule has 2 aliphatic carbocycles. The Kier molecular flexibility index (Phi) is 1.56. The van der Waals surface area contributed by atoms with Gasteiger partial charge in [-0.15, -0.1) is 0 Å². The molecule has 2 bridgehead atoms. The molecule has 63 valence electrons. The summed E-state index contributed by atoms with van der Waals surface area (Å²) in [6.45, 7) is 8.98. The van der Waals surface area contributed by atoms with E-state index in [1.54, 1.807) is 0 Å².